The molecule has 0 bridgehead atoms. The molecule has 8 heteroatoms. The molecule has 1 aromatic carbocycles. The zero-order valence-corrected chi connectivity index (χ0v) is 21.5. The number of methoxy groups -OCH3 is 1. The van der Waals surface area contributed by atoms with Gasteiger partial charge in [0.05, 0.1) is 32.5 Å². The van der Waals surface area contributed by atoms with Gasteiger partial charge in [-0.25, -0.2) is 0 Å². The van der Waals surface area contributed by atoms with Crippen LogP contribution in [0.4, 0.5) is 0 Å². The van der Waals surface area contributed by atoms with Gasteiger partial charge in [0.15, 0.2) is 17.5 Å². The number of hydrogen-bond acceptors (Lipinski definition) is 5. The van der Waals surface area contributed by atoms with Gasteiger partial charge in [0.1, 0.15) is 0 Å². The molecular formula is C22H40IN3O4. The molecule has 0 spiro atoms. The van der Waals surface area contributed by atoms with Crippen molar-refractivity contribution in [3.05, 3.63) is 23.8 Å². The lowest BCUT2D eigenvalue weighted by atomic mass is 10.1. The van der Waals surface area contributed by atoms with E-state index in [2.05, 4.69) is 35.5 Å². The van der Waals surface area contributed by atoms with Gasteiger partial charge in [-0.3, -0.25) is 4.99 Å². The SMILES string of the molecule is CCNC(=NCCCCOCCOC)NC(C)c1ccc(OCC)c(OCC)c1.I. The predicted molar refractivity (Wildman–Crippen MR) is 134 cm³/mol. The van der Waals surface area contributed by atoms with Gasteiger partial charge >= 0.3 is 0 Å². The number of halogens is 1. The molecule has 0 fully saturated rings. The standard InChI is InChI=1S/C22H39N3O4.HI/c1-6-23-22(24-13-9-10-14-27-16-15-26-5)25-18(4)19-11-12-20(28-7-2)21(17-19)29-8-3;/h11-12,17-18H,6-10,13-16H2,1-5H3,(H2,23,24,25);1H. The third-order valence-corrected chi connectivity index (χ3v) is 4.16. The lowest BCUT2D eigenvalue weighted by molar-refractivity contribution is 0.0690. The highest BCUT2D eigenvalue weighted by molar-refractivity contribution is 14.0. The van der Waals surface area contributed by atoms with Crippen LogP contribution in [0.5, 0.6) is 11.5 Å². The lowest BCUT2D eigenvalue weighted by Gasteiger charge is -2.20. The lowest BCUT2D eigenvalue weighted by Crippen LogP contribution is -2.38. The van der Waals surface area contributed by atoms with Crippen LogP contribution in [-0.4, -0.2) is 59.2 Å². The molecule has 0 aromatic heterocycles. The Balaban J connectivity index is 0.00000841. The topological polar surface area (TPSA) is 73.3 Å². The first-order valence-electron chi connectivity index (χ1n) is 10.7. The van der Waals surface area contributed by atoms with Gasteiger partial charge in [0, 0.05) is 26.8 Å². The smallest absolute Gasteiger partial charge is 0.191 e. The summed E-state index contributed by atoms with van der Waals surface area (Å²) in [5.41, 5.74) is 1.12. The van der Waals surface area contributed by atoms with E-state index in [9.17, 15) is 0 Å². The van der Waals surface area contributed by atoms with Crippen LogP contribution in [0.3, 0.4) is 0 Å². The van der Waals surface area contributed by atoms with E-state index < -0.39 is 0 Å². The highest BCUT2D eigenvalue weighted by atomic mass is 127. The Hall–Kier alpha value is -1.26. The maximum atomic E-state index is 5.74. The van der Waals surface area contributed by atoms with Gasteiger partial charge < -0.3 is 29.6 Å². The molecule has 7 nitrogen and oxygen atoms in total. The number of unbranched alkanes of at least 4 members (excludes halogenated alkanes) is 1. The summed E-state index contributed by atoms with van der Waals surface area (Å²) in [6.07, 6.45) is 1.97. The fourth-order valence-corrected chi connectivity index (χ4v) is 2.70. The first kappa shape index (κ1) is 28.7. The molecule has 0 saturated heterocycles. The Bertz CT molecular complexity index is 588. The maximum Gasteiger partial charge on any atom is 0.191 e. The summed E-state index contributed by atoms with van der Waals surface area (Å²) < 4.78 is 21.8. The zero-order chi connectivity index (χ0) is 21.3. The van der Waals surface area contributed by atoms with E-state index in [-0.39, 0.29) is 30.0 Å². The third-order valence-electron chi connectivity index (χ3n) is 4.16. The summed E-state index contributed by atoms with van der Waals surface area (Å²) in [6.45, 7) is 12.9. The van der Waals surface area contributed by atoms with Gasteiger partial charge in [-0.05, 0) is 58.2 Å². The van der Waals surface area contributed by atoms with Crippen molar-refractivity contribution in [2.45, 2.75) is 46.6 Å². The maximum absolute atomic E-state index is 5.74. The minimum atomic E-state index is 0. The van der Waals surface area contributed by atoms with Crippen LogP contribution in [0.2, 0.25) is 0 Å². The molecule has 1 unspecified atom stereocenters. The molecule has 0 aliphatic rings. The highest BCUT2D eigenvalue weighted by Gasteiger charge is 2.12. The first-order chi connectivity index (χ1) is 14.2. The molecular weight excluding hydrogens is 497 g/mol. The van der Waals surface area contributed by atoms with Gasteiger partial charge in [-0.15, -0.1) is 24.0 Å². The van der Waals surface area contributed by atoms with E-state index in [0.717, 1.165) is 55.6 Å². The van der Waals surface area contributed by atoms with Crippen molar-refractivity contribution in [2.24, 2.45) is 4.99 Å². The second kappa shape index (κ2) is 18.5. The zero-order valence-electron chi connectivity index (χ0n) is 19.2. The van der Waals surface area contributed by atoms with Crippen LogP contribution in [0.15, 0.2) is 23.2 Å². The molecule has 2 N–H and O–H groups in total. The van der Waals surface area contributed by atoms with Crippen LogP contribution < -0.4 is 20.1 Å². The number of ether oxygens (including phenoxy) is 4. The largest absolute Gasteiger partial charge is 0.490 e. The van der Waals surface area contributed by atoms with Crippen LogP contribution in [0.1, 0.15) is 52.1 Å². The average molecular weight is 537 g/mol. The quantitative estimate of drug-likeness (QED) is 0.152. The number of benzene rings is 1. The molecule has 1 aromatic rings. The van der Waals surface area contributed by atoms with Crippen LogP contribution in [-0.2, 0) is 9.47 Å². The third kappa shape index (κ3) is 11.8. The van der Waals surface area contributed by atoms with Crippen LogP contribution in [0.25, 0.3) is 0 Å². The summed E-state index contributed by atoms with van der Waals surface area (Å²) in [5.74, 6) is 2.36. The van der Waals surface area contributed by atoms with E-state index in [1.54, 1.807) is 7.11 Å². The first-order valence-corrected chi connectivity index (χ1v) is 10.7. The molecule has 0 saturated carbocycles. The molecule has 0 radical (unpaired) electrons. The summed E-state index contributed by atoms with van der Waals surface area (Å²) in [4.78, 5) is 4.68. The molecule has 1 atom stereocenters. The molecule has 174 valence electrons. The molecule has 0 aliphatic heterocycles. The van der Waals surface area contributed by atoms with E-state index in [0.29, 0.717) is 26.4 Å². The summed E-state index contributed by atoms with van der Waals surface area (Å²) in [7, 11) is 1.68. The minimum Gasteiger partial charge on any atom is -0.490 e. The number of nitrogens with zero attached hydrogens (tertiary/aromatic N) is 1. The minimum absolute atomic E-state index is 0. The van der Waals surface area contributed by atoms with Crippen LogP contribution >= 0.6 is 24.0 Å². The van der Waals surface area contributed by atoms with Crippen molar-refractivity contribution >= 4 is 29.9 Å². The van der Waals surface area contributed by atoms with Crippen molar-refractivity contribution < 1.29 is 18.9 Å². The van der Waals surface area contributed by atoms with Gasteiger partial charge in [0.2, 0.25) is 0 Å². The number of rotatable bonds is 15. The number of guanidine groups is 1. The second-order valence-corrected chi connectivity index (χ2v) is 6.51. The second-order valence-electron chi connectivity index (χ2n) is 6.51. The molecule has 1 rings (SSSR count). The highest BCUT2D eigenvalue weighted by Crippen LogP contribution is 2.30. The molecule has 0 heterocycles. The number of hydrogen-bond donors (Lipinski definition) is 2. The van der Waals surface area contributed by atoms with Crippen molar-refractivity contribution in [3.8, 4) is 11.5 Å². The summed E-state index contributed by atoms with van der Waals surface area (Å²) >= 11 is 0. The van der Waals surface area contributed by atoms with Gasteiger partial charge in [-0.2, -0.15) is 0 Å². The van der Waals surface area contributed by atoms with Crippen molar-refractivity contribution in [1.29, 1.82) is 0 Å². The molecule has 30 heavy (non-hydrogen) atoms. The summed E-state index contributed by atoms with van der Waals surface area (Å²) in [5, 5.41) is 6.78. The Kier molecular flexibility index (Phi) is 17.7. The Morgan fingerprint density at radius 1 is 1.00 bits per heavy atom. The van der Waals surface area contributed by atoms with Crippen molar-refractivity contribution in [2.75, 3.05) is 53.2 Å². The Morgan fingerprint density at radius 2 is 1.73 bits per heavy atom. The van der Waals surface area contributed by atoms with Crippen molar-refractivity contribution in [3.63, 3.8) is 0 Å². The summed E-state index contributed by atoms with van der Waals surface area (Å²) in [6, 6.07) is 6.15. The normalized spacial score (nSPS) is 12.1. The van der Waals surface area contributed by atoms with E-state index in [1.807, 2.05) is 26.0 Å². The fraction of sp³-hybridized carbons (Fsp3) is 0.682. The molecule has 0 amide bonds. The van der Waals surface area contributed by atoms with E-state index in [1.165, 1.54) is 0 Å². The number of aliphatic imine (C=N–C) groups is 1. The van der Waals surface area contributed by atoms with E-state index >= 15 is 0 Å². The van der Waals surface area contributed by atoms with Gasteiger partial charge in [0.25, 0.3) is 0 Å². The fourth-order valence-electron chi connectivity index (χ4n) is 2.70. The monoisotopic (exact) mass is 537 g/mol. The Labute approximate surface area is 199 Å². The number of nitrogens with one attached hydrogen (secondary N) is 2. The Morgan fingerprint density at radius 3 is 2.40 bits per heavy atom. The molecule has 0 aliphatic carbocycles. The van der Waals surface area contributed by atoms with Gasteiger partial charge in [-0.1, -0.05) is 6.07 Å². The predicted octanol–water partition coefficient (Wildman–Crippen LogP) is 4.16. The van der Waals surface area contributed by atoms with Crippen LogP contribution in [0, 0.1) is 0 Å². The van der Waals surface area contributed by atoms with E-state index in [4.69, 9.17) is 18.9 Å². The van der Waals surface area contributed by atoms with Crippen molar-refractivity contribution in [1.82, 2.24) is 10.6 Å². The average Bonchev–Trinajstić information content (AvgIpc) is 2.71.